The molecule has 2 aliphatic heterocycles. The number of benzene rings is 1. The Morgan fingerprint density at radius 3 is 1.95 bits per heavy atom. The number of hydrogen-bond acceptors (Lipinski definition) is 12. The van der Waals surface area contributed by atoms with Gasteiger partial charge in [-0.05, 0) is 47.1 Å². The number of guanidine groups is 1. The van der Waals surface area contributed by atoms with Crippen LogP contribution in [0.15, 0.2) is 41.4 Å². The molecule has 15 heteroatoms. The maximum atomic E-state index is 13.0. The van der Waals surface area contributed by atoms with E-state index < -0.39 is 63.7 Å². The Morgan fingerprint density at radius 2 is 1.44 bits per heavy atom. The maximum Gasteiger partial charge on any atom is 0.337 e. The Labute approximate surface area is 248 Å². The lowest BCUT2D eigenvalue weighted by Gasteiger charge is -2.22. The van der Waals surface area contributed by atoms with Crippen LogP contribution in [0.2, 0.25) is 0 Å². The van der Waals surface area contributed by atoms with Crippen molar-refractivity contribution in [1.29, 1.82) is 0 Å². The van der Waals surface area contributed by atoms with E-state index in [-0.39, 0.29) is 31.4 Å². The summed E-state index contributed by atoms with van der Waals surface area (Å²) in [6.07, 6.45) is 1.95. The highest BCUT2D eigenvalue weighted by atomic mass is 16.7. The largest absolute Gasteiger partial charge is 0.463 e. The lowest BCUT2D eigenvalue weighted by atomic mass is 9.83. The van der Waals surface area contributed by atoms with Gasteiger partial charge in [-0.2, -0.15) is 11.0 Å². The van der Waals surface area contributed by atoms with Gasteiger partial charge in [0.2, 0.25) is 0 Å². The van der Waals surface area contributed by atoms with Gasteiger partial charge in [-0.25, -0.2) is 14.6 Å². The number of nitrogens with one attached hydrogen (secondary N) is 2. The number of hydrogen-bond donors (Lipinski definition) is 2. The first kappa shape index (κ1) is 33.0. The highest BCUT2D eigenvalue weighted by Crippen LogP contribution is 2.40. The molecule has 2 heterocycles. The molecule has 0 saturated carbocycles. The van der Waals surface area contributed by atoms with E-state index in [4.69, 9.17) is 23.9 Å². The van der Waals surface area contributed by atoms with Crippen LogP contribution in [0, 0.1) is 32.8 Å². The van der Waals surface area contributed by atoms with Crippen LogP contribution < -0.4 is 11.0 Å². The number of hydroxylamine groups is 2. The quantitative estimate of drug-likeness (QED) is 0.0642. The Kier molecular flexibility index (Phi) is 10.5. The first-order chi connectivity index (χ1) is 20.1. The van der Waals surface area contributed by atoms with Crippen LogP contribution in [-0.2, 0) is 49.7 Å². The SMILES string of the molecule is CC(C)(C)C(=O)ONC(=NCCOC(=O)C1C2C=CC(O2)C1C(=O)OCc1cccc([N+](=O)[O-])c1)NOC(=O)C(C)(C)C. The molecule has 1 fully saturated rings. The fourth-order valence-corrected chi connectivity index (χ4v) is 3.86. The van der Waals surface area contributed by atoms with Crippen molar-refractivity contribution in [2.24, 2.45) is 27.7 Å². The first-order valence-corrected chi connectivity index (χ1v) is 13.5. The van der Waals surface area contributed by atoms with E-state index in [2.05, 4.69) is 16.0 Å². The third-order valence-corrected chi connectivity index (χ3v) is 6.26. The Hall–Kier alpha value is -4.53. The summed E-state index contributed by atoms with van der Waals surface area (Å²) in [5, 5.41) is 11.0. The minimum atomic E-state index is -0.979. The molecule has 0 aliphatic carbocycles. The predicted molar refractivity (Wildman–Crippen MR) is 148 cm³/mol. The van der Waals surface area contributed by atoms with Crippen LogP contribution in [0.25, 0.3) is 0 Å². The summed E-state index contributed by atoms with van der Waals surface area (Å²) in [6.45, 7) is 9.27. The molecule has 4 atom stereocenters. The van der Waals surface area contributed by atoms with Gasteiger partial charge in [0, 0.05) is 12.1 Å². The molecular formula is C28H36N4O11. The van der Waals surface area contributed by atoms with Gasteiger partial charge in [0.1, 0.15) is 25.0 Å². The number of nitro benzene ring substituents is 1. The van der Waals surface area contributed by atoms with Crippen LogP contribution in [0.4, 0.5) is 5.69 Å². The molecule has 43 heavy (non-hydrogen) atoms. The zero-order valence-electron chi connectivity index (χ0n) is 24.8. The van der Waals surface area contributed by atoms with Gasteiger partial charge in [-0.1, -0.05) is 24.3 Å². The van der Waals surface area contributed by atoms with Gasteiger partial charge >= 0.3 is 23.9 Å². The highest BCUT2D eigenvalue weighted by molar-refractivity contribution is 5.85. The molecule has 3 rings (SSSR count). The van der Waals surface area contributed by atoms with E-state index >= 15 is 0 Å². The third kappa shape index (κ3) is 8.98. The van der Waals surface area contributed by atoms with Crippen LogP contribution >= 0.6 is 0 Å². The standard InChI is InChI=1S/C28H36N4O11/c1-27(2,3)24(35)42-30-26(31-43-25(36)28(4,5)6)29-12-13-39-22(33)20-18-10-11-19(41-18)21(20)23(34)40-15-16-8-7-9-17(14-16)32(37)38/h7-11,14,18-21H,12-13,15H2,1-6H3,(H2,29,30,31). The van der Waals surface area contributed by atoms with E-state index in [0.29, 0.717) is 5.56 Å². The molecule has 0 spiro atoms. The summed E-state index contributed by atoms with van der Waals surface area (Å²) >= 11 is 0. The van der Waals surface area contributed by atoms with Crippen LogP contribution in [0.5, 0.6) is 0 Å². The van der Waals surface area contributed by atoms with Crippen LogP contribution in [0.3, 0.4) is 0 Å². The second-order valence-electron chi connectivity index (χ2n) is 11.9. The zero-order valence-corrected chi connectivity index (χ0v) is 24.8. The molecular weight excluding hydrogens is 568 g/mol. The number of carbonyl (C=O) groups excluding carboxylic acids is 4. The molecule has 1 saturated heterocycles. The monoisotopic (exact) mass is 604 g/mol. The minimum absolute atomic E-state index is 0.138. The highest BCUT2D eigenvalue weighted by Gasteiger charge is 2.54. The number of rotatable bonds is 8. The maximum absolute atomic E-state index is 13.0. The zero-order chi connectivity index (χ0) is 31.9. The summed E-state index contributed by atoms with van der Waals surface area (Å²) in [6, 6.07) is 5.67. The average Bonchev–Trinajstić information content (AvgIpc) is 3.56. The number of ether oxygens (including phenoxy) is 3. The summed E-state index contributed by atoms with van der Waals surface area (Å²) in [7, 11) is 0. The molecule has 1 aromatic rings. The molecule has 0 amide bonds. The van der Waals surface area contributed by atoms with Gasteiger partial charge < -0.3 is 23.9 Å². The van der Waals surface area contributed by atoms with E-state index in [0.717, 1.165) is 0 Å². The molecule has 2 bridgehead atoms. The third-order valence-electron chi connectivity index (χ3n) is 6.26. The van der Waals surface area contributed by atoms with Crippen molar-refractivity contribution in [2.45, 2.75) is 60.4 Å². The van der Waals surface area contributed by atoms with Crippen molar-refractivity contribution in [2.75, 3.05) is 13.2 Å². The molecule has 234 valence electrons. The number of carbonyl (C=O) groups is 4. The number of fused-ring (bicyclic) bond motifs is 2. The molecule has 15 nitrogen and oxygen atoms in total. The van der Waals surface area contributed by atoms with E-state index in [1.165, 1.54) is 18.2 Å². The van der Waals surface area contributed by atoms with Crippen molar-refractivity contribution in [3.8, 4) is 0 Å². The minimum Gasteiger partial charge on any atom is -0.463 e. The van der Waals surface area contributed by atoms with Crippen molar-refractivity contribution >= 4 is 35.5 Å². The van der Waals surface area contributed by atoms with Crippen LogP contribution in [0.1, 0.15) is 47.1 Å². The van der Waals surface area contributed by atoms with Crippen molar-refractivity contribution < 1.29 is 48.0 Å². The number of nitrogens with zero attached hydrogens (tertiary/aromatic N) is 2. The Balaban J connectivity index is 1.58. The normalized spacial score (nSPS) is 20.5. The molecule has 0 radical (unpaired) electrons. The van der Waals surface area contributed by atoms with Crippen molar-refractivity contribution in [1.82, 2.24) is 11.0 Å². The summed E-state index contributed by atoms with van der Waals surface area (Å²) in [4.78, 5) is 74.8. The second-order valence-corrected chi connectivity index (χ2v) is 11.9. The van der Waals surface area contributed by atoms with Gasteiger partial charge in [0.25, 0.3) is 11.6 Å². The van der Waals surface area contributed by atoms with Gasteiger partial charge in [-0.3, -0.25) is 19.7 Å². The van der Waals surface area contributed by atoms with E-state index in [1.54, 1.807) is 59.8 Å². The van der Waals surface area contributed by atoms with Gasteiger partial charge in [-0.15, -0.1) is 0 Å². The number of aliphatic imine (C=N–C) groups is 1. The van der Waals surface area contributed by atoms with E-state index in [1.807, 2.05) is 0 Å². The summed E-state index contributed by atoms with van der Waals surface area (Å²) in [5.41, 5.74) is 3.22. The lowest BCUT2D eigenvalue weighted by Crippen LogP contribution is -2.43. The molecule has 1 aromatic carbocycles. The first-order valence-electron chi connectivity index (χ1n) is 13.5. The average molecular weight is 605 g/mol. The molecule has 2 aliphatic rings. The van der Waals surface area contributed by atoms with Gasteiger partial charge in [0.05, 0.1) is 34.5 Å². The predicted octanol–water partition coefficient (Wildman–Crippen LogP) is 2.29. The fourth-order valence-electron chi connectivity index (χ4n) is 3.86. The fraction of sp³-hybridized carbons (Fsp3) is 0.536. The number of esters is 2. The molecule has 2 N–H and O–H groups in total. The smallest absolute Gasteiger partial charge is 0.337 e. The number of non-ortho nitro benzene ring substituents is 1. The number of nitro groups is 1. The summed E-state index contributed by atoms with van der Waals surface area (Å²) < 4.78 is 16.4. The molecule has 0 aromatic heterocycles. The van der Waals surface area contributed by atoms with E-state index in [9.17, 15) is 29.3 Å². The summed E-state index contributed by atoms with van der Waals surface area (Å²) in [5.74, 6) is -4.82. The second kappa shape index (κ2) is 13.6. The van der Waals surface area contributed by atoms with Crippen molar-refractivity contribution in [3.05, 3.63) is 52.1 Å². The van der Waals surface area contributed by atoms with Crippen molar-refractivity contribution in [3.63, 3.8) is 0 Å². The van der Waals surface area contributed by atoms with Gasteiger partial charge in [0.15, 0.2) is 0 Å². The van der Waals surface area contributed by atoms with Crippen LogP contribution in [-0.4, -0.2) is 60.1 Å². The Bertz CT molecular complexity index is 1260. The topological polar surface area (TPSA) is 194 Å². The Morgan fingerprint density at radius 1 is 0.907 bits per heavy atom. The molecule has 4 unspecified atom stereocenters. The lowest BCUT2D eigenvalue weighted by molar-refractivity contribution is -0.385.